The van der Waals surface area contributed by atoms with Gasteiger partial charge in [0.2, 0.25) is 0 Å². The highest BCUT2D eigenvalue weighted by molar-refractivity contribution is 8.07. The third-order valence-electron chi connectivity index (χ3n) is 7.20. The molecule has 7 rings (SSSR count). The second-order valence-electron chi connectivity index (χ2n) is 9.42. The van der Waals surface area contributed by atoms with E-state index in [0.717, 1.165) is 24.7 Å². The lowest BCUT2D eigenvalue weighted by atomic mass is 9.68. The molecule has 2 aliphatic heterocycles. The van der Waals surface area contributed by atoms with Crippen LogP contribution in [0.1, 0.15) is 22.3 Å². The summed E-state index contributed by atoms with van der Waals surface area (Å²) in [7, 11) is 0. The summed E-state index contributed by atoms with van der Waals surface area (Å²) in [5, 5.41) is 1.32. The molecule has 174 valence electrons. The van der Waals surface area contributed by atoms with Gasteiger partial charge in [-0.2, -0.15) is 23.5 Å². The smallest absolute Gasteiger partial charge is 0.119 e. The number of ether oxygens (including phenoxy) is 2. The monoisotopic (exact) mass is 494 g/mol. The zero-order valence-corrected chi connectivity index (χ0v) is 21.0. The molecular weight excluding hydrogens is 468 g/mol. The van der Waals surface area contributed by atoms with Gasteiger partial charge >= 0.3 is 0 Å². The van der Waals surface area contributed by atoms with Crippen molar-refractivity contribution in [3.63, 3.8) is 0 Å². The third-order valence-corrected chi connectivity index (χ3v) is 9.09. The van der Waals surface area contributed by atoms with Gasteiger partial charge in [-0.15, -0.1) is 0 Å². The topological polar surface area (TPSA) is 18.5 Å². The molecule has 2 unspecified atom stereocenters. The minimum atomic E-state index is -0.386. The Morgan fingerprint density at radius 3 is 1.37 bits per heavy atom. The van der Waals surface area contributed by atoms with E-state index in [2.05, 4.69) is 97.1 Å². The standard InChI is InChI=1S/C31H26O2S2/c1-3-7-29-27(5-1)28-6-2-4-8-30(28)31(29,21-9-13-23(14-10-21)32-17-25-19-34-25)22-11-15-24(16-12-22)33-18-26-20-35-26/h1-16,25-26H,17-20H2. The Morgan fingerprint density at radius 1 is 0.571 bits per heavy atom. The molecule has 0 saturated carbocycles. The lowest BCUT2D eigenvalue weighted by molar-refractivity contribution is 0.329. The molecule has 35 heavy (non-hydrogen) atoms. The highest BCUT2D eigenvalue weighted by Gasteiger charge is 2.45. The predicted octanol–water partition coefficient (Wildman–Crippen LogP) is 7.04. The number of rotatable bonds is 8. The molecule has 2 saturated heterocycles. The van der Waals surface area contributed by atoms with E-state index in [1.165, 1.54) is 44.9 Å². The number of hydrogen-bond donors (Lipinski definition) is 0. The van der Waals surface area contributed by atoms with Crippen molar-refractivity contribution in [2.45, 2.75) is 15.9 Å². The van der Waals surface area contributed by atoms with Crippen LogP contribution in [-0.4, -0.2) is 35.2 Å². The van der Waals surface area contributed by atoms with Gasteiger partial charge in [0.15, 0.2) is 0 Å². The fourth-order valence-corrected chi connectivity index (χ4v) is 6.13. The van der Waals surface area contributed by atoms with Crippen molar-refractivity contribution in [3.8, 4) is 22.6 Å². The number of thioether (sulfide) groups is 2. The molecule has 3 aliphatic rings. The highest BCUT2D eigenvalue weighted by Crippen LogP contribution is 2.56. The van der Waals surface area contributed by atoms with Crippen molar-refractivity contribution in [3.05, 3.63) is 119 Å². The summed E-state index contributed by atoms with van der Waals surface area (Å²) >= 11 is 3.93. The molecule has 2 fully saturated rings. The normalized spacial score (nSPS) is 20.6. The van der Waals surface area contributed by atoms with Crippen LogP contribution in [0.2, 0.25) is 0 Å². The summed E-state index contributed by atoms with van der Waals surface area (Å²) in [5.74, 6) is 4.32. The second-order valence-corrected chi connectivity index (χ2v) is 12.1. The zero-order chi connectivity index (χ0) is 23.2. The van der Waals surface area contributed by atoms with Crippen molar-refractivity contribution < 1.29 is 9.47 Å². The first-order chi connectivity index (χ1) is 17.3. The van der Waals surface area contributed by atoms with E-state index in [-0.39, 0.29) is 5.41 Å². The summed E-state index contributed by atoms with van der Waals surface area (Å²) in [5.41, 5.74) is 7.39. The maximum absolute atomic E-state index is 6.05. The molecule has 4 heteroatoms. The highest BCUT2D eigenvalue weighted by atomic mass is 32.2. The lowest BCUT2D eigenvalue weighted by Crippen LogP contribution is -2.28. The van der Waals surface area contributed by atoms with Gasteiger partial charge in [-0.25, -0.2) is 0 Å². The maximum Gasteiger partial charge on any atom is 0.119 e. The Labute approximate surface area is 215 Å². The Hall–Kier alpha value is -2.82. The Bertz CT molecular complexity index is 1250. The molecule has 0 radical (unpaired) electrons. The van der Waals surface area contributed by atoms with Gasteiger partial charge in [0, 0.05) is 22.0 Å². The predicted molar refractivity (Wildman–Crippen MR) is 147 cm³/mol. The fourth-order valence-electron chi connectivity index (χ4n) is 5.33. The zero-order valence-electron chi connectivity index (χ0n) is 19.4. The quantitative estimate of drug-likeness (QED) is 0.215. The first-order valence-corrected chi connectivity index (χ1v) is 14.3. The average Bonchev–Trinajstić information content (AvgIpc) is 3.85. The van der Waals surface area contributed by atoms with Crippen molar-refractivity contribution in [1.29, 1.82) is 0 Å². The molecular formula is C31H26O2S2. The number of fused-ring (bicyclic) bond motifs is 3. The fraction of sp³-hybridized carbons (Fsp3) is 0.226. The van der Waals surface area contributed by atoms with Crippen LogP contribution in [0.15, 0.2) is 97.1 Å². The molecule has 4 aromatic carbocycles. The van der Waals surface area contributed by atoms with E-state index < -0.39 is 0 Å². The van der Waals surface area contributed by atoms with Crippen molar-refractivity contribution >= 4 is 23.5 Å². The first-order valence-electron chi connectivity index (χ1n) is 12.2. The van der Waals surface area contributed by atoms with E-state index in [4.69, 9.17) is 9.47 Å². The van der Waals surface area contributed by atoms with E-state index in [1.54, 1.807) is 0 Å². The SMILES string of the molecule is c1ccc2c(c1)-c1ccccc1C2(c1ccc(OCC2CS2)cc1)c1ccc(OCC2CS2)cc1. The molecule has 2 atom stereocenters. The Balaban J connectivity index is 1.35. The maximum atomic E-state index is 6.05. The minimum Gasteiger partial charge on any atom is -0.492 e. The van der Waals surface area contributed by atoms with Gasteiger partial charge < -0.3 is 9.47 Å². The molecule has 0 N–H and O–H groups in total. The van der Waals surface area contributed by atoms with Crippen LogP contribution in [0.4, 0.5) is 0 Å². The van der Waals surface area contributed by atoms with E-state index in [9.17, 15) is 0 Å². The van der Waals surface area contributed by atoms with Crippen molar-refractivity contribution in [2.24, 2.45) is 0 Å². The van der Waals surface area contributed by atoms with Crippen LogP contribution in [0.25, 0.3) is 11.1 Å². The largest absolute Gasteiger partial charge is 0.492 e. The summed E-state index contributed by atoms with van der Waals surface area (Å²) in [4.78, 5) is 0. The molecule has 0 bridgehead atoms. The van der Waals surface area contributed by atoms with E-state index >= 15 is 0 Å². The van der Waals surface area contributed by atoms with Gasteiger partial charge in [0.1, 0.15) is 24.7 Å². The number of benzene rings is 4. The van der Waals surface area contributed by atoms with Crippen LogP contribution in [0, 0.1) is 0 Å². The second kappa shape index (κ2) is 8.69. The summed E-state index contributed by atoms with van der Waals surface area (Å²) in [6, 6.07) is 35.3. The summed E-state index contributed by atoms with van der Waals surface area (Å²) in [6.07, 6.45) is 0. The molecule has 2 nitrogen and oxygen atoms in total. The molecule has 0 aromatic heterocycles. The first kappa shape index (κ1) is 21.5. The Morgan fingerprint density at radius 2 is 0.971 bits per heavy atom. The van der Waals surface area contributed by atoms with E-state index in [1.807, 2.05) is 23.5 Å². The van der Waals surface area contributed by atoms with Crippen molar-refractivity contribution in [1.82, 2.24) is 0 Å². The van der Waals surface area contributed by atoms with Gasteiger partial charge in [-0.1, -0.05) is 72.8 Å². The summed E-state index contributed by atoms with van der Waals surface area (Å²) < 4.78 is 12.1. The lowest BCUT2D eigenvalue weighted by Gasteiger charge is -2.34. The van der Waals surface area contributed by atoms with Crippen LogP contribution in [0.3, 0.4) is 0 Å². The van der Waals surface area contributed by atoms with Crippen LogP contribution in [0.5, 0.6) is 11.5 Å². The summed E-state index contributed by atoms with van der Waals surface area (Å²) in [6.45, 7) is 1.59. The third kappa shape index (κ3) is 3.84. The van der Waals surface area contributed by atoms with Gasteiger partial charge in [-0.05, 0) is 57.6 Å². The molecule has 4 aromatic rings. The average molecular weight is 495 g/mol. The van der Waals surface area contributed by atoms with E-state index in [0.29, 0.717) is 10.5 Å². The van der Waals surface area contributed by atoms with Crippen LogP contribution >= 0.6 is 23.5 Å². The van der Waals surface area contributed by atoms with Crippen LogP contribution < -0.4 is 9.47 Å². The van der Waals surface area contributed by atoms with Gasteiger partial charge in [-0.3, -0.25) is 0 Å². The van der Waals surface area contributed by atoms with Crippen molar-refractivity contribution in [2.75, 3.05) is 24.7 Å². The Kier molecular flexibility index (Phi) is 5.33. The minimum absolute atomic E-state index is 0.386. The molecule has 0 spiro atoms. The van der Waals surface area contributed by atoms with Gasteiger partial charge in [0.25, 0.3) is 0 Å². The molecule has 2 heterocycles. The molecule has 1 aliphatic carbocycles. The van der Waals surface area contributed by atoms with Crippen LogP contribution in [-0.2, 0) is 5.41 Å². The number of hydrogen-bond acceptors (Lipinski definition) is 4. The molecule has 0 amide bonds. The van der Waals surface area contributed by atoms with Gasteiger partial charge in [0.05, 0.1) is 5.41 Å².